The molecule has 1 fully saturated rings. The van der Waals surface area contributed by atoms with Crippen molar-refractivity contribution in [3.05, 3.63) is 24.3 Å². The molecule has 1 aliphatic rings. The summed E-state index contributed by atoms with van der Waals surface area (Å²) in [7, 11) is -3.15. The van der Waals surface area contributed by atoms with Gasteiger partial charge in [-0.3, -0.25) is 0 Å². The van der Waals surface area contributed by atoms with Crippen molar-refractivity contribution in [2.24, 2.45) is 5.41 Å². The summed E-state index contributed by atoms with van der Waals surface area (Å²) in [6, 6.07) is 6.51. The average Bonchev–Trinajstić information content (AvgIpc) is 2.28. The molecular weight excluding hydrogens is 272 g/mol. The van der Waals surface area contributed by atoms with Gasteiger partial charge in [0.2, 0.25) is 0 Å². The Kier molecular flexibility index (Phi) is 3.36. The summed E-state index contributed by atoms with van der Waals surface area (Å²) < 4.78 is 28.5. The topological polar surface area (TPSA) is 43.4 Å². The van der Waals surface area contributed by atoms with Crippen LogP contribution in [0.25, 0.3) is 0 Å². The van der Waals surface area contributed by atoms with Gasteiger partial charge in [0.15, 0.2) is 9.84 Å². The number of hydrogen-bond donors (Lipinski definition) is 0. The Morgan fingerprint density at radius 3 is 2.22 bits per heavy atom. The fourth-order valence-electron chi connectivity index (χ4n) is 1.97. The third-order valence-corrected chi connectivity index (χ3v) is 5.46. The van der Waals surface area contributed by atoms with Crippen LogP contribution in [0.1, 0.15) is 20.3 Å². The average molecular weight is 289 g/mol. The summed E-state index contributed by atoms with van der Waals surface area (Å²) in [5.74, 6) is 0.684. The van der Waals surface area contributed by atoms with Gasteiger partial charge in [0.25, 0.3) is 0 Å². The van der Waals surface area contributed by atoms with Gasteiger partial charge in [-0.15, -0.1) is 11.6 Å². The molecule has 0 saturated heterocycles. The van der Waals surface area contributed by atoms with E-state index in [1.165, 1.54) is 6.26 Å². The van der Waals surface area contributed by atoms with E-state index in [1.54, 1.807) is 24.3 Å². The van der Waals surface area contributed by atoms with Crippen LogP contribution in [0.15, 0.2) is 29.2 Å². The summed E-state index contributed by atoms with van der Waals surface area (Å²) in [6.07, 6.45) is 2.10. The van der Waals surface area contributed by atoms with E-state index in [1.807, 2.05) is 0 Å². The summed E-state index contributed by atoms with van der Waals surface area (Å²) in [6.45, 7) is 4.15. The van der Waals surface area contributed by atoms with Gasteiger partial charge in [-0.2, -0.15) is 0 Å². The lowest BCUT2D eigenvalue weighted by atomic mass is 9.68. The first-order chi connectivity index (χ1) is 8.21. The zero-order chi connectivity index (χ0) is 13.6. The van der Waals surface area contributed by atoms with E-state index in [4.69, 9.17) is 16.3 Å². The van der Waals surface area contributed by atoms with Crippen molar-refractivity contribution in [1.82, 2.24) is 0 Å². The van der Waals surface area contributed by atoms with E-state index >= 15 is 0 Å². The van der Waals surface area contributed by atoms with Gasteiger partial charge in [0.05, 0.1) is 4.90 Å². The van der Waals surface area contributed by atoms with Crippen LogP contribution in [-0.4, -0.2) is 26.2 Å². The Labute approximate surface area is 113 Å². The number of rotatable bonds is 3. The highest BCUT2D eigenvalue weighted by Crippen LogP contribution is 2.46. The Morgan fingerprint density at radius 2 is 1.83 bits per heavy atom. The molecular formula is C13H17ClO3S. The van der Waals surface area contributed by atoms with Crippen molar-refractivity contribution in [1.29, 1.82) is 0 Å². The summed E-state index contributed by atoms with van der Waals surface area (Å²) in [5, 5.41) is 0.137. The number of hydrogen-bond acceptors (Lipinski definition) is 3. The van der Waals surface area contributed by atoms with Crippen LogP contribution in [-0.2, 0) is 9.84 Å². The van der Waals surface area contributed by atoms with Gasteiger partial charge in [-0.1, -0.05) is 13.8 Å². The number of benzene rings is 1. The first-order valence-electron chi connectivity index (χ1n) is 5.82. The lowest BCUT2D eigenvalue weighted by molar-refractivity contribution is -0.0130. The highest BCUT2D eigenvalue weighted by molar-refractivity contribution is 7.90. The van der Waals surface area contributed by atoms with Crippen molar-refractivity contribution in [2.75, 3.05) is 6.26 Å². The van der Waals surface area contributed by atoms with Crippen molar-refractivity contribution in [3.63, 3.8) is 0 Å². The summed E-state index contributed by atoms with van der Waals surface area (Å²) in [4.78, 5) is 0.304. The smallest absolute Gasteiger partial charge is 0.175 e. The monoisotopic (exact) mass is 288 g/mol. The van der Waals surface area contributed by atoms with Crippen LogP contribution in [0.4, 0.5) is 0 Å². The molecule has 1 saturated carbocycles. The minimum atomic E-state index is -3.15. The largest absolute Gasteiger partial charge is 0.490 e. The molecule has 0 amide bonds. The molecule has 0 heterocycles. The predicted molar refractivity (Wildman–Crippen MR) is 72.0 cm³/mol. The van der Waals surface area contributed by atoms with Crippen LogP contribution in [0.2, 0.25) is 0 Å². The number of ether oxygens (including phenoxy) is 1. The third kappa shape index (κ3) is 2.50. The minimum Gasteiger partial charge on any atom is -0.490 e. The fraction of sp³-hybridized carbons (Fsp3) is 0.538. The Balaban J connectivity index is 2.09. The zero-order valence-corrected chi connectivity index (χ0v) is 12.3. The molecule has 100 valence electrons. The van der Waals surface area contributed by atoms with Crippen LogP contribution >= 0.6 is 11.6 Å². The van der Waals surface area contributed by atoms with Crippen molar-refractivity contribution >= 4 is 21.4 Å². The van der Waals surface area contributed by atoms with Crippen molar-refractivity contribution in [3.8, 4) is 5.75 Å². The van der Waals surface area contributed by atoms with Crippen molar-refractivity contribution < 1.29 is 13.2 Å². The maximum absolute atomic E-state index is 11.3. The van der Waals surface area contributed by atoms with E-state index in [-0.39, 0.29) is 16.9 Å². The van der Waals surface area contributed by atoms with Crippen LogP contribution in [0, 0.1) is 5.41 Å². The summed E-state index contributed by atoms with van der Waals surface area (Å²) >= 11 is 6.13. The van der Waals surface area contributed by atoms with E-state index in [0.717, 1.165) is 6.42 Å². The lowest BCUT2D eigenvalue weighted by Gasteiger charge is -2.48. The molecule has 0 radical (unpaired) electrons. The first kappa shape index (κ1) is 13.7. The van der Waals surface area contributed by atoms with Gasteiger partial charge in [0, 0.05) is 23.5 Å². The SMILES string of the molecule is CC1(C)C(Cl)CC1Oc1ccc(S(C)(=O)=O)cc1. The third-order valence-electron chi connectivity index (χ3n) is 3.59. The van der Waals surface area contributed by atoms with Crippen LogP contribution in [0.3, 0.4) is 0 Å². The molecule has 1 aliphatic carbocycles. The first-order valence-corrected chi connectivity index (χ1v) is 8.15. The second kappa shape index (κ2) is 4.42. The van der Waals surface area contributed by atoms with Gasteiger partial charge in [-0.05, 0) is 24.3 Å². The quantitative estimate of drug-likeness (QED) is 0.803. The standard InChI is InChI=1S/C13H17ClO3S/c1-13(2)11(14)8-12(13)17-9-4-6-10(7-5-9)18(3,15)16/h4-7,11-12H,8H2,1-3H3. The molecule has 2 rings (SSSR count). The molecule has 1 aromatic rings. The van der Waals surface area contributed by atoms with Crippen molar-refractivity contribution in [2.45, 2.75) is 36.6 Å². The molecule has 5 heteroatoms. The molecule has 1 aromatic carbocycles. The number of halogens is 1. The van der Waals surface area contributed by atoms with E-state index in [9.17, 15) is 8.42 Å². The number of alkyl halides is 1. The minimum absolute atomic E-state index is 0.0446. The van der Waals surface area contributed by atoms with E-state index in [0.29, 0.717) is 10.6 Å². The van der Waals surface area contributed by atoms with Gasteiger partial charge in [-0.25, -0.2) is 8.42 Å². The second-order valence-electron chi connectivity index (χ2n) is 5.37. The van der Waals surface area contributed by atoms with Gasteiger partial charge in [0.1, 0.15) is 11.9 Å². The predicted octanol–water partition coefficient (Wildman–Crippen LogP) is 2.87. The normalized spacial score (nSPS) is 26.4. The van der Waals surface area contributed by atoms with Crippen LogP contribution in [0.5, 0.6) is 5.75 Å². The summed E-state index contributed by atoms with van der Waals surface area (Å²) in [5.41, 5.74) is -0.0446. The second-order valence-corrected chi connectivity index (χ2v) is 7.92. The van der Waals surface area contributed by atoms with Gasteiger partial charge >= 0.3 is 0 Å². The maximum Gasteiger partial charge on any atom is 0.175 e. The zero-order valence-electron chi connectivity index (χ0n) is 10.7. The Bertz CT molecular complexity index is 534. The highest BCUT2D eigenvalue weighted by Gasteiger charge is 2.49. The molecule has 18 heavy (non-hydrogen) atoms. The molecule has 0 aliphatic heterocycles. The lowest BCUT2D eigenvalue weighted by Crippen LogP contribution is -2.53. The van der Waals surface area contributed by atoms with Gasteiger partial charge < -0.3 is 4.74 Å². The Hall–Kier alpha value is -0.740. The van der Waals surface area contributed by atoms with E-state index in [2.05, 4.69) is 13.8 Å². The fourth-order valence-corrected chi connectivity index (χ4v) is 2.90. The molecule has 0 spiro atoms. The molecule has 0 bridgehead atoms. The van der Waals surface area contributed by atoms with E-state index < -0.39 is 9.84 Å². The molecule has 0 N–H and O–H groups in total. The molecule has 3 nitrogen and oxygen atoms in total. The molecule has 2 atom stereocenters. The maximum atomic E-state index is 11.3. The Morgan fingerprint density at radius 1 is 1.28 bits per heavy atom. The van der Waals surface area contributed by atoms with Crippen LogP contribution < -0.4 is 4.74 Å². The highest BCUT2D eigenvalue weighted by atomic mass is 35.5. The molecule has 0 aromatic heterocycles. The number of sulfone groups is 1. The molecule has 2 unspecified atom stereocenters.